The number of methoxy groups -OCH3 is 1. The number of aromatic nitrogens is 1. The van der Waals surface area contributed by atoms with Crippen LogP contribution in [-0.4, -0.2) is 33.8 Å². The second-order valence-electron chi connectivity index (χ2n) is 7.86. The van der Waals surface area contributed by atoms with E-state index in [0.29, 0.717) is 16.9 Å². The SMILES string of the molecule is COc1cccc(C2/C(=C(/O)c3ccc(C)c(C)c3)C(=O)C(=O)N2Cc2cccnc2)c1. The van der Waals surface area contributed by atoms with Gasteiger partial charge in [-0.3, -0.25) is 14.6 Å². The van der Waals surface area contributed by atoms with Gasteiger partial charge in [0.25, 0.3) is 11.7 Å². The molecule has 2 aromatic carbocycles. The van der Waals surface area contributed by atoms with E-state index >= 15 is 0 Å². The van der Waals surface area contributed by atoms with E-state index in [1.807, 2.05) is 38.1 Å². The minimum Gasteiger partial charge on any atom is -0.507 e. The van der Waals surface area contributed by atoms with Crippen LogP contribution in [-0.2, 0) is 16.1 Å². The van der Waals surface area contributed by atoms with E-state index in [1.165, 1.54) is 4.90 Å². The third kappa shape index (κ3) is 3.87. The number of hydrogen-bond acceptors (Lipinski definition) is 5. The summed E-state index contributed by atoms with van der Waals surface area (Å²) in [5, 5.41) is 11.2. The number of amides is 1. The zero-order valence-corrected chi connectivity index (χ0v) is 18.2. The van der Waals surface area contributed by atoms with Crippen molar-refractivity contribution in [1.82, 2.24) is 9.88 Å². The van der Waals surface area contributed by atoms with E-state index in [-0.39, 0.29) is 17.9 Å². The van der Waals surface area contributed by atoms with E-state index < -0.39 is 17.7 Å². The normalized spacial score (nSPS) is 17.6. The Kier molecular flexibility index (Phi) is 5.77. The monoisotopic (exact) mass is 428 g/mol. The van der Waals surface area contributed by atoms with Crippen LogP contribution in [0.4, 0.5) is 0 Å². The molecule has 6 nitrogen and oxygen atoms in total. The van der Waals surface area contributed by atoms with Crippen LogP contribution in [0.5, 0.6) is 5.75 Å². The van der Waals surface area contributed by atoms with Crippen LogP contribution >= 0.6 is 0 Å². The zero-order valence-electron chi connectivity index (χ0n) is 18.2. The summed E-state index contributed by atoms with van der Waals surface area (Å²) in [6.45, 7) is 4.10. The largest absolute Gasteiger partial charge is 0.507 e. The number of hydrogen-bond donors (Lipinski definition) is 1. The van der Waals surface area contributed by atoms with Crippen molar-refractivity contribution < 1.29 is 19.4 Å². The smallest absolute Gasteiger partial charge is 0.295 e. The fourth-order valence-corrected chi connectivity index (χ4v) is 3.93. The molecule has 4 rings (SSSR count). The highest BCUT2D eigenvalue weighted by molar-refractivity contribution is 6.46. The molecular weight excluding hydrogens is 404 g/mol. The molecule has 0 bridgehead atoms. The van der Waals surface area contributed by atoms with Crippen molar-refractivity contribution in [2.75, 3.05) is 7.11 Å². The molecule has 1 aliphatic heterocycles. The first-order valence-corrected chi connectivity index (χ1v) is 10.3. The lowest BCUT2D eigenvalue weighted by molar-refractivity contribution is -0.140. The molecule has 2 heterocycles. The first kappa shape index (κ1) is 21.3. The molecule has 32 heavy (non-hydrogen) atoms. The minimum absolute atomic E-state index is 0.0652. The molecule has 0 radical (unpaired) electrons. The molecule has 0 saturated carbocycles. The van der Waals surface area contributed by atoms with Crippen molar-refractivity contribution >= 4 is 17.4 Å². The summed E-state index contributed by atoms with van der Waals surface area (Å²) in [6.07, 6.45) is 3.31. The van der Waals surface area contributed by atoms with E-state index in [0.717, 1.165) is 16.7 Å². The van der Waals surface area contributed by atoms with E-state index in [1.54, 1.807) is 49.8 Å². The number of aryl methyl sites for hydroxylation is 2. The number of carbonyl (C=O) groups is 2. The molecule has 1 amide bonds. The summed E-state index contributed by atoms with van der Waals surface area (Å²) in [5.41, 5.74) is 4.08. The van der Waals surface area contributed by atoms with Gasteiger partial charge in [0.15, 0.2) is 0 Å². The van der Waals surface area contributed by atoms with Gasteiger partial charge in [0.1, 0.15) is 11.5 Å². The quantitative estimate of drug-likeness (QED) is 0.372. The number of aliphatic hydroxyl groups excluding tert-OH is 1. The number of ether oxygens (including phenoxy) is 1. The van der Waals surface area contributed by atoms with E-state index in [2.05, 4.69) is 4.98 Å². The van der Waals surface area contributed by atoms with Crippen LogP contribution in [0.15, 0.2) is 72.6 Å². The van der Waals surface area contributed by atoms with Crippen LogP contribution in [0, 0.1) is 13.8 Å². The van der Waals surface area contributed by atoms with Crippen LogP contribution in [0.2, 0.25) is 0 Å². The van der Waals surface area contributed by atoms with Crippen LogP contribution in [0.3, 0.4) is 0 Å². The Balaban J connectivity index is 1.89. The molecule has 1 atom stereocenters. The fraction of sp³-hybridized carbons (Fsp3) is 0.192. The summed E-state index contributed by atoms with van der Waals surface area (Å²) in [4.78, 5) is 31.8. The molecule has 6 heteroatoms. The van der Waals surface area contributed by atoms with Crippen molar-refractivity contribution in [3.63, 3.8) is 0 Å². The second-order valence-corrected chi connectivity index (χ2v) is 7.86. The van der Waals surface area contributed by atoms with E-state index in [9.17, 15) is 14.7 Å². The molecule has 1 fully saturated rings. The molecule has 0 spiro atoms. The molecule has 162 valence electrons. The molecule has 0 aliphatic carbocycles. The van der Waals surface area contributed by atoms with Gasteiger partial charge in [-0.1, -0.05) is 30.3 Å². The average molecular weight is 428 g/mol. The number of aliphatic hydroxyl groups is 1. The Hall–Kier alpha value is -3.93. The Labute approximate surface area is 186 Å². The number of rotatable bonds is 5. The lowest BCUT2D eigenvalue weighted by Gasteiger charge is -2.25. The number of likely N-dealkylation sites (tertiary alicyclic amines) is 1. The average Bonchev–Trinajstić information content (AvgIpc) is 3.06. The lowest BCUT2D eigenvalue weighted by atomic mass is 9.94. The summed E-state index contributed by atoms with van der Waals surface area (Å²) in [7, 11) is 1.56. The Morgan fingerprint density at radius 3 is 2.56 bits per heavy atom. The number of ketones is 1. The standard InChI is InChI=1S/C26H24N2O4/c1-16-9-10-20(12-17(16)2)24(29)22-23(19-7-4-8-21(13-19)32-3)28(26(31)25(22)30)15-18-6-5-11-27-14-18/h4-14,23,29H,15H2,1-3H3/b24-22-. The van der Waals surface area contributed by atoms with Gasteiger partial charge >= 0.3 is 0 Å². The van der Waals surface area contributed by atoms with Crippen LogP contribution in [0.1, 0.15) is 33.9 Å². The van der Waals surface area contributed by atoms with Crippen molar-refractivity contribution in [2.45, 2.75) is 26.4 Å². The van der Waals surface area contributed by atoms with Gasteiger partial charge in [-0.05, 0) is 60.4 Å². The molecule has 1 aromatic heterocycles. The first-order valence-electron chi connectivity index (χ1n) is 10.3. The molecule has 1 aliphatic rings. The highest BCUT2D eigenvalue weighted by Crippen LogP contribution is 2.41. The first-order chi connectivity index (χ1) is 15.4. The van der Waals surface area contributed by atoms with Crippen LogP contribution in [0.25, 0.3) is 5.76 Å². The maximum Gasteiger partial charge on any atom is 0.295 e. The molecule has 3 aromatic rings. The third-order valence-electron chi connectivity index (χ3n) is 5.81. The number of carbonyl (C=O) groups excluding carboxylic acids is 2. The molecule has 1 N–H and O–H groups in total. The third-order valence-corrected chi connectivity index (χ3v) is 5.81. The highest BCUT2D eigenvalue weighted by Gasteiger charge is 2.46. The van der Waals surface area contributed by atoms with Gasteiger partial charge in [-0.25, -0.2) is 0 Å². The van der Waals surface area contributed by atoms with Gasteiger partial charge in [-0.15, -0.1) is 0 Å². The summed E-state index contributed by atoms with van der Waals surface area (Å²) in [5.74, 6) is -0.960. The maximum absolute atomic E-state index is 13.2. The number of benzene rings is 2. The Bertz CT molecular complexity index is 1220. The van der Waals surface area contributed by atoms with Gasteiger partial charge in [0.2, 0.25) is 0 Å². The summed E-state index contributed by atoms with van der Waals surface area (Å²) in [6, 6.07) is 15.5. The van der Waals surface area contributed by atoms with Crippen molar-refractivity contribution in [1.29, 1.82) is 0 Å². The summed E-state index contributed by atoms with van der Waals surface area (Å²) >= 11 is 0. The van der Waals surface area contributed by atoms with Crippen LogP contribution < -0.4 is 4.74 Å². The second kappa shape index (κ2) is 8.67. The molecule has 1 unspecified atom stereocenters. The number of pyridine rings is 1. The van der Waals surface area contributed by atoms with Crippen molar-refractivity contribution in [2.24, 2.45) is 0 Å². The lowest BCUT2D eigenvalue weighted by Crippen LogP contribution is -2.29. The highest BCUT2D eigenvalue weighted by atomic mass is 16.5. The minimum atomic E-state index is -0.757. The van der Waals surface area contributed by atoms with Crippen molar-refractivity contribution in [3.8, 4) is 5.75 Å². The summed E-state index contributed by atoms with van der Waals surface area (Å²) < 4.78 is 5.35. The van der Waals surface area contributed by atoms with Gasteiger partial charge < -0.3 is 14.7 Å². The Morgan fingerprint density at radius 1 is 1.06 bits per heavy atom. The molecule has 1 saturated heterocycles. The predicted octanol–water partition coefficient (Wildman–Crippen LogP) is 4.33. The van der Waals surface area contributed by atoms with Crippen molar-refractivity contribution in [3.05, 3.63) is 100 Å². The van der Waals surface area contributed by atoms with Gasteiger partial charge in [0, 0.05) is 24.5 Å². The number of Topliss-reactive ketones (excluding diaryl/α,β-unsaturated/α-hetero) is 1. The Morgan fingerprint density at radius 2 is 1.88 bits per heavy atom. The van der Waals surface area contributed by atoms with Gasteiger partial charge in [-0.2, -0.15) is 0 Å². The maximum atomic E-state index is 13.2. The zero-order chi connectivity index (χ0) is 22.8. The van der Waals surface area contributed by atoms with Gasteiger partial charge in [0.05, 0.1) is 18.7 Å². The predicted molar refractivity (Wildman–Crippen MR) is 121 cm³/mol. The van der Waals surface area contributed by atoms with E-state index in [4.69, 9.17) is 4.74 Å². The fourth-order valence-electron chi connectivity index (χ4n) is 3.93. The molecular formula is C26H24N2O4. The number of nitrogens with zero attached hydrogens (tertiary/aromatic N) is 2. The topological polar surface area (TPSA) is 79.7 Å².